The van der Waals surface area contributed by atoms with Crippen LogP contribution < -0.4 is 4.74 Å². The average molecular weight is 330 g/mol. The van der Waals surface area contributed by atoms with Gasteiger partial charge in [0.05, 0.1) is 19.1 Å². The number of benzene rings is 1. The molecule has 0 heterocycles. The number of ether oxygens (including phenoxy) is 2. The number of halogens is 1. The third-order valence-electron chi connectivity index (χ3n) is 2.42. The van der Waals surface area contributed by atoms with Crippen LogP contribution in [0, 0.1) is 0 Å². The maximum atomic E-state index is 11.7. The van der Waals surface area contributed by atoms with Crippen LogP contribution in [0.2, 0.25) is 0 Å². The average Bonchev–Trinajstić information content (AvgIpc) is 2.47. The first-order valence-electron chi connectivity index (χ1n) is 5.91. The third-order valence-corrected chi connectivity index (χ3v) is 3.78. The summed E-state index contributed by atoms with van der Waals surface area (Å²) >= 11 is 6.86. The number of carbonyl (C=O) groups is 2. The Morgan fingerprint density at radius 2 is 1.95 bits per heavy atom. The monoisotopic (exact) mass is 329 g/mol. The van der Waals surface area contributed by atoms with Gasteiger partial charge in [-0.25, -0.2) is 4.79 Å². The molecule has 0 atom stereocenters. The minimum Gasteiger partial charge on any atom is -0.496 e. The smallest absolute Gasteiger partial charge is 0.349 e. The zero-order valence-electron chi connectivity index (χ0n) is 12.2. The summed E-state index contributed by atoms with van der Waals surface area (Å²) in [6, 6.07) is 5.16. The van der Waals surface area contributed by atoms with Gasteiger partial charge in [-0.05, 0) is 35.5 Å². The van der Waals surface area contributed by atoms with Crippen LogP contribution in [-0.4, -0.2) is 44.4 Å². The SMILES string of the molecule is COC(=O)/C(Cl)=C\c1ccc(SC(=O)N(C)C)c(OC)c1. The van der Waals surface area contributed by atoms with Crippen molar-refractivity contribution in [1.29, 1.82) is 0 Å². The summed E-state index contributed by atoms with van der Waals surface area (Å²) in [6.45, 7) is 0. The van der Waals surface area contributed by atoms with E-state index >= 15 is 0 Å². The normalized spacial score (nSPS) is 11.0. The Morgan fingerprint density at radius 3 is 2.48 bits per heavy atom. The number of methoxy groups -OCH3 is 2. The fourth-order valence-corrected chi connectivity index (χ4v) is 2.30. The van der Waals surface area contributed by atoms with Crippen LogP contribution in [0.3, 0.4) is 0 Å². The molecule has 1 aromatic rings. The van der Waals surface area contributed by atoms with Crippen molar-refractivity contribution in [3.8, 4) is 5.75 Å². The lowest BCUT2D eigenvalue weighted by Gasteiger charge is -2.12. The van der Waals surface area contributed by atoms with E-state index in [1.807, 2.05) is 0 Å². The first kappa shape index (κ1) is 17.4. The Morgan fingerprint density at radius 1 is 1.29 bits per heavy atom. The molecule has 0 spiro atoms. The van der Waals surface area contributed by atoms with Gasteiger partial charge in [-0.1, -0.05) is 17.7 Å². The van der Waals surface area contributed by atoms with Gasteiger partial charge in [0.25, 0.3) is 5.24 Å². The van der Waals surface area contributed by atoms with Gasteiger partial charge < -0.3 is 14.4 Å². The van der Waals surface area contributed by atoms with E-state index in [9.17, 15) is 9.59 Å². The van der Waals surface area contributed by atoms with Crippen molar-refractivity contribution < 1.29 is 19.1 Å². The second-order valence-corrected chi connectivity index (χ2v) is 5.56. The predicted octanol–water partition coefficient (Wildman–Crippen LogP) is 3.22. The quantitative estimate of drug-likeness (QED) is 0.482. The molecule has 0 aliphatic rings. The molecule has 0 bridgehead atoms. The van der Waals surface area contributed by atoms with Gasteiger partial charge in [0.15, 0.2) is 0 Å². The van der Waals surface area contributed by atoms with E-state index in [-0.39, 0.29) is 10.3 Å². The van der Waals surface area contributed by atoms with Crippen LogP contribution in [0.15, 0.2) is 28.1 Å². The summed E-state index contributed by atoms with van der Waals surface area (Å²) in [5.74, 6) is -0.0878. The van der Waals surface area contributed by atoms with Gasteiger partial charge in [-0.3, -0.25) is 4.79 Å². The largest absolute Gasteiger partial charge is 0.496 e. The predicted molar refractivity (Wildman–Crippen MR) is 83.8 cm³/mol. The van der Waals surface area contributed by atoms with E-state index in [4.69, 9.17) is 16.3 Å². The third kappa shape index (κ3) is 4.99. The molecule has 1 aromatic carbocycles. The summed E-state index contributed by atoms with van der Waals surface area (Å²) in [4.78, 5) is 25.1. The highest BCUT2D eigenvalue weighted by atomic mass is 35.5. The number of rotatable bonds is 4. The Hall–Kier alpha value is -1.66. The Kier molecular flexibility index (Phi) is 6.58. The van der Waals surface area contributed by atoms with Crippen LogP contribution in [0.1, 0.15) is 5.56 Å². The molecule has 5 nitrogen and oxygen atoms in total. The van der Waals surface area contributed by atoms with Crippen molar-refractivity contribution in [1.82, 2.24) is 4.90 Å². The molecular weight excluding hydrogens is 314 g/mol. The Balaban J connectivity index is 3.04. The zero-order chi connectivity index (χ0) is 16.0. The first-order valence-corrected chi connectivity index (χ1v) is 7.11. The molecule has 1 rings (SSSR count). The fourth-order valence-electron chi connectivity index (χ4n) is 1.35. The maximum Gasteiger partial charge on any atom is 0.349 e. The standard InChI is InChI=1S/C14H16ClNO4S/c1-16(2)14(18)21-12-6-5-9(8-11(12)19-3)7-10(15)13(17)20-4/h5-8H,1-4H3/b10-7+. The summed E-state index contributed by atoms with van der Waals surface area (Å²) in [5, 5.41) is -0.145. The van der Waals surface area contributed by atoms with Gasteiger partial charge in [0, 0.05) is 14.1 Å². The van der Waals surface area contributed by atoms with Crippen LogP contribution in [0.5, 0.6) is 5.75 Å². The molecule has 114 valence electrons. The molecule has 0 saturated carbocycles. The van der Waals surface area contributed by atoms with E-state index in [0.717, 1.165) is 11.8 Å². The minimum absolute atomic E-state index is 0.0377. The van der Waals surface area contributed by atoms with Crippen molar-refractivity contribution in [2.24, 2.45) is 0 Å². The van der Waals surface area contributed by atoms with E-state index in [2.05, 4.69) is 4.74 Å². The van der Waals surface area contributed by atoms with Crippen LogP contribution in [-0.2, 0) is 9.53 Å². The van der Waals surface area contributed by atoms with Crippen molar-refractivity contribution in [3.05, 3.63) is 28.8 Å². The molecule has 0 aromatic heterocycles. The number of carbonyl (C=O) groups excluding carboxylic acids is 2. The molecule has 0 aliphatic carbocycles. The lowest BCUT2D eigenvalue weighted by atomic mass is 10.2. The van der Waals surface area contributed by atoms with E-state index < -0.39 is 5.97 Å². The molecule has 0 unspecified atom stereocenters. The molecule has 0 fully saturated rings. The van der Waals surface area contributed by atoms with Crippen molar-refractivity contribution >= 4 is 40.6 Å². The maximum absolute atomic E-state index is 11.7. The number of hydrogen-bond acceptors (Lipinski definition) is 5. The van der Waals surface area contributed by atoms with Gasteiger partial charge in [-0.2, -0.15) is 0 Å². The van der Waals surface area contributed by atoms with Crippen molar-refractivity contribution in [2.45, 2.75) is 4.90 Å². The van der Waals surface area contributed by atoms with E-state index in [1.165, 1.54) is 25.2 Å². The van der Waals surface area contributed by atoms with Gasteiger partial charge in [0.1, 0.15) is 10.8 Å². The summed E-state index contributed by atoms with van der Waals surface area (Å²) in [7, 11) is 6.12. The number of nitrogens with zero attached hydrogens (tertiary/aromatic N) is 1. The van der Waals surface area contributed by atoms with Crippen molar-refractivity contribution in [3.63, 3.8) is 0 Å². The van der Waals surface area contributed by atoms with Gasteiger partial charge in [-0.15, -0.1) is 0 Å². The van der Waals surface area contributed by atoms with Crippen LogP contribution in [0.25, 0.3) is 6.08 Å². The van der Waals surface area contributed by atoms with E-state index in [0.29, 0.717) is 16.2 Å². The summed E-state index contributed by atoms with van der Waals surface area (Å²) in [5.41, 5.74) is 0.670. The van der Waals surface area contributed by atoms with E-state index in [1.54, 1.807) is 32.3 Å². The van der Waals surface area contributed by atoms with Crippen LogP contribution in [0.4, 0.5) is 4.79 Å². The first-order chi connectivity index (χ1) is 9.88. The molecule has 1 amide bonds. The summed E-state index contributed by atoms with van der Waals surface area (Å²) in [6.07, 6.45) is 1.47. The fraction of sp³-hybridized carbons (Fsp3) is 0.286. The molecule has 0 saturated heterocycles. The highest BCUT2D eigenvalue weighted by molar-refractivity contribution is 8.13. The molecule has 21 heavy (non-hydrogen) atoms. The Labute approximate surface area is 132 Å². The topological polar surface area (TPSA) is 55.8 Å². The number of amides is 1. The molecule has 0 radical (unpaired) electrons. The number of esters is 1. The Bertz CT molecular complexity index is 572. The van der Waals surface area contributed by atoms with Gasteiger partial charge >= 0.3 is 5.97 Å². The van der Waals surface area contributed by atoms with Crippen LogP contribution >= 0.6 is 23.4 Å². The molecule has 0 aliphatic heterocycles. The molecular formula is C14H16ClNO4S. The van der Waals surface area contributed by atoms with Gasteiger partial charge in [0.2, 0.25) is 0 Å². The summed E-state index contributed by atoms with van der Waals surface area (Å²) < 4.78 is 9.77. The van der Waals surface area contributed by atoms with Crippen molar-refractivity contribution in [2.75, 3.05) is 28.3 Å². The highest BCUT2D eigenvalue weighted by Crippen LogP contribution is 2.32. The number of hydrogen-bond donors (Lipinski definition) is 0. The highest BCUT2D eigenvalue weighted by Gasteiger charge is 2.12. The lowest BCUT2D eigenvalue weighted by Crippen LogP contribution is -2.16. The molecule has 0 N–H and O–H groups in total. The second kappa shape index (κ2) is 7.95. The lowest BCUT2D eigenvalue weighted by molar-refractivity contribution is -0.135. The number of thioether (sulfide) groups is 1. The molecule has 7 heteroatoms. The zero-order valence-corrected chi connectivity index (χ0v) is 13.7. The second-order valence-electron chi connectivity index (χ2n) is 4.16. The minimum atomic E-state index is -0.614.